The molecule has 6 nitrogen and oxygen atoms in total. The summed E-state index contributed by atoms with van der Waals surface area (Å²) >= 11 is 7.26. The summed E-state index contributed by atoms with van der Waals surface area (Å²) < 4.78 is 79.3. The molecule has 1 N–H and O–H groups in total. The fourth-order valence-electron chi connectivity index (χ4n) is 4.12. The highest BCUT2D eigenvalue weighted by molar-refractivity contribution is 7.93. The Labute approximate surface area is 202 Å². The normalized spacial score (nSPS) is 19.1. The van der Waals surface area contributed by atoms with Crippen LogP contribution >= 0.6 is 22.9 Å². The molecular weight excluding hydrogens is 513 g/mol. The molecule has 1 saturated carbocycles. The van der Waals surface area contributed by atoms with Gasteiger partial charge in [0, 0.05) is 29.6 Å². The lowest BCUT2D eigenvalue weighted by Crippen LogP contribution is -2.47. The topological polar surface area (TPSA) is 77.5 Å². The molecule has 0 saturated heterocycles. The second-order valence-corrected chi connectivity index (χ2v) is 11.2. The molecule has 1 aromatic heterocycles. The van der Waals surface area contributed by atoms with Gasteiger partial charge in [-0.1, -0.05) is 17.7 Å². The number of benzene rings is 2. The molecule has 180 valence electrons. The molecule has 1 atom stereocenters. The standard InChI is InChI=1S/C22H18ClF3N2O4S2/c23-16-10-13(22(24,25)26)2-5-17(16)31-19-12-21(6-1-7-21)32-18-11-14(3-4-15(18)19)34(29,30)28-20-27-8-9-33-20/h2-5,8-11,19H,1,6-7,12H2,(H,27,28)/t19-/m1/s1. The summed E-state index contributed by atoms with van der Waals surface area (Å²) in [6, 6.07) is 7.41. The quantitative estimate of drug-likeness (QED) is 0.410. The van der Waals surface area contributed by atoms with E-state index in [1.165, 1.54) is 24.4 Å². The lowest BCUT2D eigenvalue weighted by molar-refractivity contribution is -0.137. The van der Waals surface area contributed by atoms with E-state index in [9.17, 15) is 21.6 Å². The number of ether oxygens (including phenoxy) is 2. The number of thiazole rings is 1. The molecule has 2 aliphatic rings. The van der Waals surface area contributed by atoms with Crippen molar-refractivity contribution in [3.8, 4) is 11.5 Å². The molecule has 1 spiro atoms. The van der Waals surface area contributed by atoms with E-state index in [-0.39, 0.29) is 20.8 Å². The largest absolute Gasteiger partial charge is 0.487 e. The minimum atomic E-state index is -4.52. The Bertz CT molecular complexity index is 1330. The highest BCUT2D eigenvalue weighted by Crippen LogP contribution is 2.51. The number of alkyl halides is 3. The van der Waals surface area contributed by atoms with Crippen molar-refractivity contribution in [1.82, 2.24) is 4.98 Å². The number of anilines is 1. The Hall–Kier alpha value is -2.50. The van der Waals surface area contributed by atoms with Crippen LogP contribution in [-0.4, -0.2) is 19.0 Å². The molecule has 12 heteroatoms. The molecule has 1 fully saturated rings. The monoisotopic (exact) mass is 530 g/mol. The van der Waals surface area contributed by atoms with E-state index < -0.39 is 33.5 Å². The Morgan fingerprint density at radius 1 is 1.21 bits per heavy atom. The predicted octanol–water partition coefficient (Wildman–Crippen LogP) is 6.44. The molecule has 1 aliphatic carbocycles. The van der Waals surface area contributed by atoms with Crippen molar-refractivity contribution in [3.63, 3.8) is 0 Å². The zero-order valence-corrected chi connectivity index (χ0v) is 19.8. The van der Waals surface area contributed by atoms with E-state index in [0.717, 1.165) is 42.7 Å². The van der Waals surface area contributed by atoms with Gasteiger partial charge in [-0.2, -0.15) is 13.2 Å². The third kappa shape index (κ3) is 4.44. The molecule has 0 radical (unpaired) electrons. The fourth-order valence-corrected chi connectivity index (χ4v) is 6.14. The smallest absolute Gasteiger partial charge is 0.416 e. The van der Waals surface area contributed by atoms with Crippen LogP contribution in [0.25, 0.3) is 0 Å². The maximum absolute atomic E-state index is 13.0. The van der Waals surface area contributed by atoms with Gasteiger partial charge in [0.15, 0.2) is 5.13 Å². The number of hydrogen-bond acceptors (Lipinski definition) is 6. The minimum Gasteiger partial charge on any atom is -0.487 e. The lowest BCUT2D eigenvalue weighted by Gasteiger charge is -2.47. The van der Waals surface area contributed by atoms with E-state index >= 15 is 0 Å². The van der Waals surface area contributed by atoms with Gasteiger partial charge < -0.3 is 9.47 Å². The van der Waals surface area contributed by atoms with Crippen LogP contribution in [0.5, 0.6) is 11.5 Å². The minimum absolute atomic E-state index is 0.00383. The molecule has 5 rings (SSSR count). The van der Waals surface area contributed by atoms with Gasteiger partial charge in [0.2, 0.25) is 0 Å². The Morgan fingerprint density at radius 3 is 2.62 bits per heavy atom. The summed E-state index contributed by atoms with van der Waals surface area (Å²) in [5.41, 5.74) is -0.779. The molecule has 34 heavy (non-hydrogen) atoms. The van der Waals surface area contributed by atoms with Crippen LogP contribution in [0.15, 0.2) is 52.9 Å². The summed E-state index contributed by atoms with van der Waals surface area (Å²) in [6.07, 6.45) is -0.636. The van der Waals surface area contributed by atoms with Crippen LogP contribution in [-0.2, 0) is 16.2 Å². The third-order valence-electron chi connectivity index (χ3n) is 5.97. The molecule has 2 heterocycles. The Balaban J connectivity index is 1.46. The van der Waals surface area contributed by atoms with Crippen molar-refractivity contribution in [1.29, 1.82) is 0 Å². The fraction of sp³-hybridized carbons (Fsp3) is 0.318. The van der Waals surface area contributed by atoms with Gasteiger partial charge >= 0.3 is 6.18 Å². The van der Waals surface area contributed by atoms with Crippen LogP contribution in [0.2, 0.25) is 5.02 Å². The van der Waals surface area contributed by atoms with E-state index in [1.54, 1.807) is 11.4 Å². The van der Waals surface area contributed by atoms with Crippen molar-refractivity contribution < 1.29 is 31.1 Å². The second-order valence-electron chi connectivity index (χ2n) is 8.23. The summed E-state index contributed by atoms with van der Waals surface area (Å²) in [6.45, 7) is 0. The third-order valence-corrected chi connectivity index (χ3v) is 8.42. The summed E-state index contributed by atoms with van der Waals surface area (Å²) in [5.74, 6) is 0.477. The number of nitrogens with one attached hydrogen (secondary N) is 1. The zero-order valence-electron chi connectivity index (χ0n) is 17.4. The number of hydrogen-bond donors (Lipinski definition) is 1. The van der Waals surface area contributed by atoms with Gasteiger partial charge in [-0.05, 0) is 43.5 Å². The maximum Gasteiger partial charge on any atom is 0.416 e. The van der Waals surface area contributed by atoms with E-state index in [0.29, 0.717) is 17.7 Å². The van der Waals surface area contributed by atoms with E-state index in [1.807, 2.05) is 0 Å². The highest BCUT2D eigenvalue weighted by atomic mass is 35.5. The van der Waals surface area contributed by atoms with E-state index in [2.05, 4.69) is 9.71 Å². The first-order chi connectivity index (χ1) is 16.0. The van der Waals surface area contributed by atoms with E-state index in [4.69, 9.17) is 21.1 Å². The molecule has 0 unspecified atom stereocenters. The predicted molar refractivity (Wildman–Crippen MR) is 121 cm³/mol. The van der Waals surface area contributed by atoms with Crippen LogP contribution in [0.4, 0.5) is 18.3 Å². The number of nitrogens with zero attached hydrogens (tertiary/aromatic N) is 1. The van der Waals surface area contributed by atoms with Gasteiger partial charge in [0.1, 0.15) is 23.2 Å². The number of rotatable bonds is 5. The van der Waals surface area contributed by atoms with Crippen molar-refractivity contribution in [3.05, 3.63) is 64.1 Å². The van der Waals surface area contributed by atoms with Crippen LogP contribution in [0.1, 0.15) is 42.9 Å². The van der Waals surface area contributed by atoms with Gasteiger partial charge in [0.05, 0.1) is 15.5 Å². The number of aromatic nitrogens is 1. The molecular formula is C22H18ClF3N2O4S2. The SMILES string of the molecule is O=S(=O)(Nc1nccs1)c1ccc2c(c1)OC1(CCC1)C[C@H]2Oc1ccc(C(F)(F)F)cc1Cl. The van der Waals surface area contributed by atoms with Gasteiger partial charge in [-0.25, -0.2) is 13.4 Å². The van der Waals surface area contributed by atoms with Crippen molar-refractivity contribution in [2.45, 2.75) is 48.5 Å². The molecule has 1 aliphatic heterocycles. The van der Waals surface area contributed by atoms with Crippen LogP contribution in [0, 0.1) is 0 Å². The zero-order chi connectivity index (χ0) is 24.1. The summed E-state index contributed by atoms with van der Waals surface area (Å²) in [4.78, 5) is 3.95. The molecule has 0 bridgehead atoms. The average molecular weight is 531 g/mol. The van der Waals surface area contributed by atoms with Crippen molar-refractivity contribution >= 4 is 38.1 Å². The van der Waals surface area contributed by atoms with Crippen LogP contribution < -0.4 is 14.2 Å². The van der Waals surface area contributed by atoms with Crippen molar-refractivity contribution in [2.75, 3.05) is 4.72 Å². The highest BCUT2D eigenvalue weighted by Gasteiger charge is 2.47. The summed E-state index contributed by atoms with van der Waals surface area (Å²) in [7, 11) is -3.90. The first-order valence-corrected chi connectivity index (χ1v) is 13.1. The second kappa shape index (κ2) is 8.31. The Kier molecular flexibility index (Phi) is 5.69. The van der Waals surface area contributed by atoms with Crippen LogP contribution in [0.3, 0.4) is 0 Å². The lowest BCUT2D eigenvalue weighted by atomic mass is 9.73. The molecule has 0 amide bonds. The number of halogens is 4. The van der Waals surface area contributed by atoms with Gasteiger partial charge in [0.25, 0.3) is 10.0 Å². The Morgan fingerprint density at radius 2 is 2.00 bits per heavy atom. The number of sulfonamides is 1. The molecule has 3 aromatic rings. The van der Waals surface area contributed by atoms with Gasteiger partial charge in [-0.15, -0.1) is 11.3 Å². The first-order valence-electron chi connectivity index (χ1n) is 10.3. The average Bonchev–Trinajstić information content (AvgIpc) is 3.25. The first kappa shape index (κ1) is 23.3. The molecule has 2 aromatic carbocycles. The number of fused-ring (bicyclic) bond motifs is 1. The summed E-state index contributed by atoms with van der Waals surface area (Å²) in [5, 5.41) is 1.74. The van der Waals surface area contributed by atoms with Crippen molar-refractivity contribution in [2.24, 2.45) is 0 Å². The maximum atomic E-state index is 13.0. The van der Waals surface area contributed by atoms with Gasteiger partial charge in [-0.3, -0.25) is 4.72 Å².